The number of carbonyl (C=O) groups excluding carboxylic acids is 2. The van der Waals surface area contributed by atoms with Crippen LogP contribution in [0.1, 0.15) is 83.5 Å². The fourth-order valence-electron chi connectivity index (χ4n) is 7.14. The molecule has 0 aliphatic carbocycles. The molecular weight excluding hydrogens is 701 g/mol. The molecule has 4 aromatic rings. The summed E-state index contributed by atoms with van der Waals surface area (Å²) in [5.41, 5.74) is 16.2. The van der Waals surface area contributed by atoms with E-state index in [9.17, 15) is 4.79 Å². The zero-order valence-electron chi connectivity index (χ0n) is 31.7. The Kier molecular flexibility index (Phi) is 12.5. The zero-order chi connectivity index (χ0) is 39.2. The summed E-state index contributed by atoms with van der Waals surface area (Å²) < 4.78 is 38.4. The molecule has 54 heavy (non-hydrogen) atoms. The van der Waals surface area contributed by atoms with Gasteiger partial charge in [0.05, 0.1) is 10.8 Å². The summed E-state index contributed by atoms with van der Waals surface area (Å²) in [5, 5.41) is 13.3. The molecule has 0 unspecified atom stereocenters. The highest BCUT2D eigenvalue weighted by Crippen LogP contribution is 2.44. The van der Waals surface area contributed by atoms with Gasteiger partial charge in [0.2, 0.25) is 11.8 Å². The normalized spacial score (nSPS) is 14.1. The number of ether oxygens (including phenoxy) is 1. The summed E-state index contributed by atoms with van der Waals surface area (Å²) in [4.78, 5) is 30.0. The average Bonchev–Trinajstić information content (AvgIpc) is 3.14. The van der Waals surface area contributed by atoms with Crippen molar-refractivity contribution >= 4 is 27.8 Å². The third kappa shape index (κ3) is 8.77. The molecule has 0 aromatic heterocycles. The minimum Gasteiger partial charge on any atom is -0.487 e. The number of benzene rings is 4. The van der Waals surface area contributed by atoms with Gasteiger partial charge in [-0.05, 0) is 105 Å². The topological polar surface area (TPSA) is 181 Å². The molecule has 0 saturated carbocycles. The SMILES string of the molecule is Cc1c(C)c(S(=O)(=O)N(C(=O)C(c2ccccc2)c2ccccc2)[C@H](CCCNC(=N)N)C(=O)NCc2ccc(CN)cc2)c(C)c2c1OC(C)(C)CC2. The first-order valence-corrected chi connectivity index (χ1v) is 19.7. The second kappa shape index (κ2) is 16.9. The molecule has 1 heterocycles. The van der Waals surface area contributed by atoms with Gasteiger partial charge in [-0.1, -0.05) is 84.9 Å². The fourth-order valence-corrected chi connectivity index (χ4v) is 9.27. The lowest BCUT2D eigenvalue weighted by molar-refractivity contribution is -0.135. The van der Waals surface area contributed by atoms with Crippen molar-refractivity contribution in [2.45, 2.75) is 95.8 Å². The molecule has 4 aromatic carbocycles. The zero-order valence-corrected chi connectivity index (χ0v) is 32.6. The van der Waals surface area contributed by atoms with Gasteiger partial charge in [0.25, 0.3) is 10.0 Å². The first-order chi connectivity index (χ1) is 25.7. The van der Waals surface area contributed by atoms with E-state index in [2.05, 4.69) is 10.6 Å². The molecule has 12 heteroatoms. The molecule has 0 fully saturated rings. The molecular formula is C42H52N6O5S. The Labute approximate surface area is 319 Å². The largest absolute Gasteiger partial charge is 0.487 e. The molecule has 11 nitrogen and oxygen atoms in total. The Balaban J connectivity index is 1.70. The van der Waals surface area contributed by atoms with Crippen molar-refractivity contribution in [3.63, 3.8) is 0 Å². The highest BCUT2D eigenvalue weighted by atomic mass is 32.2. The first-order valence-electron chi connectivity index (χ1n) is 18.3. The van der Waals surface area contributed by atoms with Crippen molar-refractivity contribution in [3.8, 4) is 5.75 Å². The van der Waals surface area contributed by atoms with E-state index in [-0.39, 0.29) is 36.8 Å². The van der Waals surface area contributed by atoms with E-state index in [0.717, 1.165) is 21.0 Å². The van der Waals surface area contributed by atoms with Gasteiger partial charge in [0.1, 0.15) is 17.4 Å². The Morgan fingerprint density at radius 3 is 2.00 bits per heavy atom. The number of hydrogen-bond acceptors (Lipinski definition) is 7. The monoisotopic (exact) mass is 752 g/mol. The fraction of sp³-hybridized carbons (Fsp3) is 0.357. The predicted molar refractivity (Wildman–Crippen MR) is 212 cm³/mol. The number of nitrogens with zero attached hydrogens (tertiary/aromatic N) is 1. The minimum atomic E-state index is -4.73. The summed E-state index contributed by atoms with van der Waals surface area (Å²) in [5.74, 6) is -2.04. The maximum Gasteiger partial charge on any atom is 0.267 e. The van der Waals surface area contributed by atoms with Crippen LogP contribution in [0.4, 0.5) is 0 Å². The smallest absolute Gasteiger partial charge is 0.267 e. The quantitative estimate of drug-likeness (QED) is 0.0639. The molecule has 2 amide bonds. The number of fused-ring (bicyclic) bond motifs is 1. The Bertz CT molecular complexity index is 2050. The van der Waals surface area contributed by atoms with Crippen LogP contribution >= 0.6 is 0 Å². The van der Waals surface area contributed by atoms with Crippen LogP contribution in [0.5, 0.6) is 5.75 Å². The average molecular weight is 753 g/mol. The minimum absolute atomic E-state index is 0.00712. The van der Waals surface area contributed by atoms with Crippen molar-refractivity contribution in [2.24, 2.45) is 11.5 Å². The van der Waals surface area contributed by atoms with Crippen molar-refractivity contribution in [3.05, 3.63) is 129 Å². The highest BCUT2D eigenvalue weighted by molar-refractivity contribution is 7.89. The van der Waals surface area contributed by atoms with Gasteiger partial charge in [-0.3, -0.25) is 15.0 Å². The van der Waals surface area contributed by atoms with Crippen LogP contribution in [-0.2, 0) is 39.1 Å². The maximum absolute atomic E-state index is 15.6. The molecule has 0 saturated heterocycles. The number of nitrogens with two attached hydrogens (primary N) is 2. The number of sulfonamides is 1. The van der Waals surface area contributed by atoms with Crippen molar-refractivity contribution < 1.29 is 22.7 Å². The summed E-state index contributed by atoms with van der Waals surface area (Å²) in [6.45, 7) is 9.99. The van der Waals surface area contributed by atoms with E-state index in [1.807, 2.05) is 57.2 Å². The second-order valence-corrected chi connectivity index (χ2v) is 16.3. The van der Waals surface area contributed by atoms with E-state index in [1.54, 1.807) is 62.4 Å². The summed E-state index contributed by atoms with van der Waals surface area (Å²) in [6, 6.07) is 24.0. The van der Waals surface area contributed by atoms with Crippen molar-refractivity contribution in [1.82, 2.24) is 14.9 Å². The number of carbonyl (C=O) groups is 2. The standard InChI is InChI=1S/C42H52N6O5S/c1-27-28(2)38(29(3)34-22-23-42(4,5)53-37(27)34)54(51,52)48(40(50)36(32-13-8-6-9-14-32)33-15-10-7-11-16-33)35(17-12-24-46-41(44)45)39(49)47-26-31-20-18-30(25-43)19-21-31/h6-11,13-16,18-21,35-36H,12,17,22-26,43H2,1-5H3,(H,47,49)(H4,44,45,46)/t35-/m1/s1. The number of hydrogen-bond donors (Lipinski definition) is 5. The van der Waals surface area contributed by atoms with E-state index in [4.69, 9.17) is 21.6 Å². The van der Waals surface area contributed by atoms with Crippen LogP contribution in [-0.4, -0.2) is 48.7 Å². The van der Waals surface area contributed by atoms with Gasteiger partial charge in [-0.25, -0.2) is 12.7 Å². The molecule has 0 spiro atoms. The van der Waals surface area contributed by atoms with Crippen LogP contribution < -0.4 is 26.8 Å². The lowest BCUT2D eigenvalue weighted by Crippen LogP contribution is -2.54. The third-order valence-corrected chi connectivity index (χ3v) is 12.3. The number of amides is 2. The molecule has 7 N–H and O–H groups in total. The van der Waals surface area contributed by atoms with E-state index in [1.165, 1.54) is 0 Å². The van der Waals surface area contributed by atoms with Crippen LogP contribution in [0.2, 0.25) is 0 Å². The number of rotatable bonds is 14. The molecule has 1 aliphatic rings. The Hall–Kier alpha value is -5.20. The summed E-state index contributed by atoms with van der Waals surface area (Å²) >= 11 is 0. The maximum atomic E-state index is 15.6. The lowest BCUT2D eigenvalue weighted by Gasteiger charge is -2.37. The van der Waals surface area contributed by atoms with E-state index in [0.29, 0.717) is 53.0 Å². The summed E-state index contributed by atoms with van der Waals surface area (Å²) in [7, 11) is -4.73. The first kappa shape index (κ1) is 40.0. The van der Waals surface area contributed by atoms with Gasteiger partial charge in [0, 0.05) is 19.6 Å². The third-order valence-electron chi connectivity index (χ3n) is 10.2. The molecule has 1 aliphatic heterocycles. The molecule has 5 rings (SSSR count). The van der Waals surface area contributed by atoms with Crippen LogP contribution in [0, 0.1) is 26.2 Å². The second-order valence-electron chi connectivity index (χ2n) is 14.5. The van der Waals surface area contributed by atoms with Crippen LogP contribution in [0.15, 0.2) is 89.8 Å². The van der Waals surface area contributed by atoms with Crippen LogP contribution in [0.25, 0.3) is 0 Å². The van der Waals surface area contributed by atoms with E-state index < -0.39 is 39.4 Å². The van der Waals surface area contributed by atoms with Crippen molar-refractivity contribution in [1.29, 1.82) is 5.41 Å². The number of nitrogens with one attached hydrogen (secondary N) is 3. The summed E-state index contributed by atoms with van der Waals surface area (Å²) in [6.07, 6.45) is 1.45. The predicted octanol–water partition coefficient (Wildman–Crippen LogP) is 5.47. The van der Waals surface area contributed by atoms with E-state index >= 15 is 13.2 Å². The Morgan fingerprint density at radius 2 is 1.44 bits per heavy atom. The van der Waals surface area contributed by atoms with Gasteiger partial charge in [0.15, 0.2) is 5.96 Å². The van der Waals surface area contributed by atoms with Gasteiger partial charge in [-0.2, -0.15) is 0 Å². The highest BCUT2D eigenvalue weighted by Gasteiger charge is 2.45. The van der Waals surface area contributed by atoms with Gasteiger partial charge >= 0.3 is 0 Å². The molecule has 0 radical (unpaired) electrons. The van der Waals surface area contributed by atoms with Crippen LogP contribution in [0.3, 0.4) is 0 Å². The molecule has 0 bridgehead atoms. The molecule has 286 valence electrons. The van der Waals surface area contributed by atoms with Gasteiger partial charge in [-0.15, -0.1) is 0 Å². The van der Waals surface area contributed by atoms with Crippen molar-refractivity contribution in [2.75, 3.05) is 6.54 Å². The Morgan fingerprint density at radius 1 is 0.870 bits per heavy atom. The molecule has 1 atom stereocenters. The van der Waals surface area contributed by atoms with Gasteiger partial charge < -0.3 is 26.8 Å². The number of guanidine groups is 1. The lowest BCUT2D eigenvalue weighted by atomic mass is 9.88.